The van der Waals surface area contributed by atoms with Gasteiger partial charge >= 0.3 is 0 Å². The van der Waals surface area contributed by atoms with E-state index >= 15 is 0 Å². The number of nitrogens with two attached hydrogens (primary N) is 2. The van der Waals surface area contributed by atoms with Crippen molar-refractivity contribution in [2.75, 3.05) is 19.8 Å². The molecule has 0 atom stereocenters. The number of aromatic nitrogens is 1. The molecule has 8 nitrogen and oxygen atoms in total. The Morgan fingerprint density at radius 2 is 2.16 bits per heavy atom. The van der Waals surface area contributed by atoms with Gasteiger partial charge in [0.15, 0.2) is 0 Å². The molecule has 0 fully saturated rings. The number of hydrogen-bond acceptors (Lipinski definition) is 6. The summed E-state index contributed by atoms with van der Waals surface area (Å²) >= 11 is 0. The van der Waals surface area contributed by atoms with Crippen LogP contribution in [0, 0.1) is 0 Å². The van der Waals surface area contributed by atoms with E-state index < -0.39 is 15.9 Å². The summed E-state index contributed by atoms with van der Waals surface area (Å²) in [7, 11) is -3.64. The molecular weight excluding hydrogens is 272 g/mol. The second-order valence-electron chi connectivity index (χ2n) is 3.61. The zero-order chi connectivity index (χ0) is 14.3. The van der Waals surface area contributed by atoms with Gasteiger partial charge in [-0.1, -0.05) is 0 Å². The summed E-state index contributed by atoms with van der Waals surface area (Å²) in [5.41, 5.74) is 10.8. The summed E-state index contributed by atoms with van der Waals surface area (Å²) in [4.78, 5) is 14.3. The van der Waals surface area contributed by atoms with Crippen LogP contribution in [-0.2, 0) is 26.1 Å². The van der Waals surface area contributed by atoms with E-state index in [0.29, 0.717) is 5.69 Å². The Morgan fingerprint density at radius 1 is 1.42 bits per heavy atom. The number of ether oxygens (including phenoxy) is 1. The summed E-state index contributed by atoms with van der Waals surface area (Å²) in [6.07, 6.45) is 1.23. The van der Waals surface area contributed by atoms with Crippen molar-refractivity contribution in [1.82, 2.24) is 9.71 Å². The van der Waals surface area contributed by atoms with Crippen LogP contribution in [0.4, 0.5) is 0 Å². The van der Waals surface area contributed by atoms with E-state index in [4.69, 9.17) is 16.2 Å². The maximum Gasteiger partial charge on any atom is 0.243 e. The molecule has 5 N–H and O–H groups in total. The van der Waals surface area contributed by atoms with Crippen LogP contribution in [0.2, 0.25) is 0 Å². The van der Waals surface area contributed by atoms with E-state index in [-0.39, 0.29) is 31.2 Å². The van der Waals surface area contributed by atoms with Gasteiger partial charge in [0.1, 0.15) is 11.5 Å². The highest BCUT2D eigenvalue weighted by atomic mass is 32.2. The molecule has 0 aliphatic rings. The first-order valence-corrected chi connectivity index (χ1v) is 6.94. The molecule has 1 heterocycles. The first-order chi connectivity index (χ1) is 8.95. The van der Waals surface area contributed by atoms with Gasteiger partial charge in [0.25, 0.3) is 0 Å². The Labute approximate surface area is 111 Å². The van der Waals surface area contributed by atoms with Crippen molar-refractivity contribution in [3.63, 3.8) is 0 Å². The minimum Gasteiger partial charge on any atom is -0.370 e. The van der Waals surface area contributed by atoms with Gasteiger partial charge in [-0.15, -0.1) is 0 Å². The molecular formula is C10H16N4O4S. The van der Waals surface area contributed by atoms with Crippen molar-refractivity contribution in [3.05, 3.63) is 24.0 Å². The summed E-state index contributed by atoms with van der Waals surface area (Å²) in [5.74, 6) is -0.607. The van der Waals surface area contributed by atoms with E-state index in [1.165, 1.54) is 18.3 Å². The molecule has 1 rings (SSSR count). The molecule has 0 aromatic carbocycles. The monoisotopic (exact) mass is 288 g/mol. The lowest BCUT2D eigenvalue weighted by Crippen LogP contribution is -2.29. The highest BCUT2D eigenvalue weighted by Crippen LogP contribution is 2.07. The first-order valence-electron chi connectivity index (χ1n) is 5.46. The Morgan fingerprint density at radius 3 is 2.68 bits per heavy atom. The van der Waals surface area contributed by atoms with Crippen LogP contribution in [0.15, 0.2) is 23.2 Å². The molecule has 1 aromatic rings. The van der Waals surface area contributed by atoms with Crippen molar-refractivity contribution >= 4 is 15.9 Å². The summed E-state index contributed by atoms with van der Waals surface area (Å²) in [6, 6.07) is 2.96. The molecule has 0 aliphatic carbocycles. The summed E-state index contributed by atoms with van der Waals surface area (Å²) in [5, 5.41) is 0. The molecule has 0 radical (unpaired) electrons. The molecule has 1 aromatic heterocycles. The van der Waals surface area contributed by atoms with Crippen molar-refractivity contribution in [2.24, 2.45) is 11.5 Å². The Balaban J connectivity index is 2.48. The number of nitrogens with one attached hydrogen (secondary N) is 1. The average molecular weight is 288 g/mol. The number of sulfonamides is 1. The predicted octanol–water partition coefficient (Wildman–Crippen LogP) is -1.68. The fraction of sp³-hybridized carbons (Fsp3) is 0.400. The zero-order valence-electron chi connectivity index (χ0n) is 10.2. The number of primary amides is 1. The van der Waals surface area contributed by atoms with Gasteiger partial charge in [-0.3, -0.25) is 9.78 Å². The van der Waals surface area contributed by atoms with Gasteiger partial charge in [0.05, 0.1) is 12.3 Å². The van der Waals surface area contributed by atoms with E-state index in [0.717, 1.165) is 0 Å². The van der Waals surface area contributed by atoms with Crippen molar-refractivity contribution in [1.29, 1.82) is 0 Å². The van der Waals surface area contributed by atoms with Gasteiger partial charge < -0.3 is 16.2 Å². The van der Waals surface area contributed by atoms with Crippen LogP contribution < -0.4 is 16.2 Å². The lowest BCUT2D eigenvalue weighted by Gasteiger charge is -2.07. The molecule has 0 bridgehead atoms. The number of pyridine rings is 1. The van der Waals surface area contributed by atoms with Gasteiger partial charge in [-0.2, -0.15) is 0 Å². The average Bonchev–Trinajstić information content (AvgIpc) is 2.38. The normalized spacial score (nSPS) is 11.4. The molecule has 0 saturated heterocycles. The second-order valence-corrected chi connectivity index (χ2v) is 5.37. The number of carbonyl (C=O) groups excluding carboxylic acids is 1. The molecule has 0 aliphatic heterocycles. The van der Waals surface area contributed by atoms with Crippen LogP contribution >= 0.6 is 0 Å². The van der Waals surface area contributed by atoms with Crippen LogP contribution in [0.1, 0.15) is 5.69 Å². The molecule has 19 heavy (non-hydrogen) atoms. The van der Waals surface area contributed by atoms with Crippen molar-refractivity contribution < 1.29 is 17.9 Å². The smallest absolute Gasteiger partial charge is 0.243 e. The lowest BCUT2D eigenvalue weighted by molar-refractivity contribution is -0.122. The number of hydrogen-bond donors (Lipinski definition) is 3. The standard InChI is InChI=1S/C10H16N4O4S/c11-5-8-1-2-9(6-13-8)19(16,17)14-3-4-18-7-10(12)15/h1-2,6,14H,3-5,7,11H2,(H2,12,15). The topological polar surface area (TPSA) is 137 Å². The third-order valence-electron chi connectivity index (χ3n) is 2.10. The molecule has 0 saturated carbocycles. The van der Waals surface area contributed by atoms with Crippen LogP contribution in [0.5, 0.6) is 0 Å². The SMILES string of the molecule is NCc1ccc(S(=O)(=O)NCCOCC(N)=O)cn1. The third-order valence-corrected chi connectivity index (χ3v) is 3.55. The number of rotatable bonds is 8. The predicted molar refractivity (Wildman–Crippen MR) is 67.3 cm³/mol. The first kappa shape index (κ1) is 15.5. The third kappa shape index (κ3) is 5.30. The lowest BCUT2D eigenvalue weighted by atomic mass is 10.4. The quantitative estimate of drug-likeness (QED) is 0.488. The van der Waals surface area contributed by atoms with E-state index in [1.54, 1.807) is 0 Å². The van der Waals surface area contributed by atoms with E-state index in [2.05, 4.69) is 9.71 Å². The minimum atomic E-state index is -3.64. The maximum atomic E-state index is 11.8. The summed E-state index contributed by atoms with van der Waals surface area (Å²) in [6.45, 7) is 0.0912. The fourth-order valence-corrected chi connectivity index (χ4v) is 2.15. The Hall–Kier alpha value is -1.55. The molecule has 106 valence electrons. The van der Waals surface area contributed by atoms with Crippen molar-refractivity contribution in [2.45, 2.75) is 11.4 Å². The van der Waals surface area contributed by atoms with Crippen LogP contribution in [0.3, 0.4) is 0 Å². The molecule has 0 unspecified atom stereocenters. The van der Waals surface area contributed by atoms with E-state index in [1.807, 2.05) is 0 Å². The number of nitrogens with zero attached hydrogens (tertiary/aromatic N) is 1. The fourth-order valence-electron chi connectivity index (χ4n) is 1.19. The van der Waals surface area contributed by atoms with Gasteiger partial charge in [-0.05, 0) is 12.1 Å². The Bertz CT molecular complexity index is 515. The molecule has 1 amide bonds. The van der Waals surface area contributed by atoms with E-state index in [9.17, 15) is 13.2 Å². The summed E-state index contributed by atoms with van der Waals surface area (Å²) < 4.78 is 30.7. The highest BCUT2D eigenvalue weighted by Gasteiger charge is 2.13. The van der Waals surface area contributed by atoms with Gasteiger partial charge in [-0.25, -0.2) is 13.1 Å². The minimum absolute atomic E-state index is 0.0360. The largest absolute Gasteiger partial charge is 0.370 e. The number of amides is 1. The van der Waals surface area contributed by atoms with Gasteiger partial charge in [0, 0.05) is 19.3 Å². The Kier molecular flexibility index (Phi) is 5.83. The number of carbonyl (C=O) groups is 1. The molecule has 0 spiro atoms. The molecule has 9 heteroatoms. The zero-order valence-corrected chi connectivity index (χ0v) is 11.0. The van der Waals surface area contributed by atoms with Crippen molar-refractivity contribution in [3.8, 4) is 0 Å². The van der Waals surface area contributed by atoms with Crippen LogP contribution in [0.25, 0.3) is 0 Å². The highest BCUT2D eigenvalue weighted by molar-refractivity contribution is 7.89. The maximum absolute atomic E-state index is 11.8. The van der Waals surface area contributed by atoms with Crippen LogP contribution in [-0.4, -0.2) is 39.1 Å². The van der Waals surface area contributed by atoms with Gasteiger partial charge in [0.2, 0.25) is 15.9 Å². The second kappa shape index (κ2) is 7.14.